The second-order valence-corrected chi connectivity index (χ2v) is 4.40. The van der Waals surface area contributed by atoms with Gasteiger partial charge in [-0.25, -0.2) is 0 Å². The molecular formula is C10H17N3O2. The molecule has 2 heterocycles. The predicted octanol–water partition coefficient (Wildman–Crippen LogP) is 0.589. The molecule has 0 radical (unpaired) electrons. The number of nitrogens with zero attached hydrogens (tertiary/aromatic N) is 3. The highest BCUT2D eigenvalue weighted by atomic mass is 16.4. The fourth-order valence-electron chi connectivity index (χ4n) is 1.86. The minimum absolute atomic E-state index is 0.562. The van der Waals surface area contributed by atoms with E-state index in [-0.39, 0.29) is 0 Å². The normalized spacial score (nSPS) is 27.4. The van der Waals surface area contributed by atoms with Gasteiger partial charge >= 0.3 is 0 Å². The zero-order valence-corrected chi connectivity index (χ0v) is 9.23. The molecule has 1 atom stereocenters. The Hall–Kier alpha value is -0.940. The van der Waals surface area contributed by atoms with Crippen molar-refractivity contribution >= 4 is 0 Å². The maximum Gasteiger partial charge on any atom is 0.230 e. The summed E-state index contributed by atoms with van der Waals surface area (Å²) in [7, 11) is 0. The van der Waals surface area contributed by atoms with Crippen LogP contribution in [0.1, 0.15) is 32.0 Å². The zero-order valence-electron chi connectivity index (χ0n) is 9.23. The van der Waals surface area contributed by atoms with Crippen LogP contribution in [0, 0.1) is 0 Å². The van der Waals surface area contributed by atoms with Crippen LogP contribution in [0.5, 0.6) is 0 Å². The Morgan fingerprint density at radius 2 is 2.20 bits per heavy atom. The highest BCUT2D eigenvalue weighted by molar-refractivity contribution is 4.89. The minimum atomic E-state index is -0.562. The van der Waals surface area contributed by atoms with Crippen molar-refractivity contribution in [2.45, 2.75) is 38.8 Å². The summed E-state index contributed by atoms with van der Waals surface area (Å²) >= 11 is 0. The number of aryl methyl sites for hydroxylation is 1. The Balaban J connectivity index is 1.92. The Morgan fingerprint density at radius 1 is 1.47 bits per heavy atom. The van der Waals surface area contributed by atoms with Gasteiger partial charge in [-0.1, -0.05) is 6.92 Å². The van der Waals surface area contributed by atoms with Crippen LogP contribution >= 0.6 is 0 Å². The molecule has 1 N–H and O–H groups in total. The Morgan fingerprint density at radius 3 is 2.73 bits per heavy atom. The van der Waals surface area contributed by atoms with Gasteiger partial charge < -0.3 is 9.52 Å². The smallest absolute Gasteiger partial charge is 0.230 e. The van der Waals surface area contributed by atoms with Crippen molar-refractivity contribution in [1.29, 1.82) is 0 Å². The molecule has 15 heavy (non-hydrogen) atoms. The van der Waals surface area contributed by atoms with Crippen molar-refractivity contribution < 1.29 is 9.52 Å². The van der Waals surface area contributed by atoms with Gasteiger partial charge in [-0.15, -0.1) is 10.2 Å². The Kier molecular flexibility index (Phi) is 2.75. The van der Waals surface area contributed by atoms with E-state index in [9.17, 15) is 5.11 Å². The number of rotatable bonds is 3. The first-order valence-electron chi connectivity index (χ1n) is 5.35. The molecule has 0 spiro atoms. The summed E-state index contributed by atoms with van der Waals surface area (Å²) in [5.41, 5.74) is -0.562. The SMILES string of the molecule is CCc1nnc(CN2CCC(C)(O)C2)o1. The van der Waals surface area contributed by atoms with Gasteiger partial charge in [0.2, 0.25) is 11.8 Å². The van der Waals surface area contributed by atoms with Crippen LogP contribution in [-0.4, -0.2) is 38.9 Å². The van der Waals surface area contributed by atoms with Gasteiger partial charge in [-0.05, 0) is 13.3 Å². The van der Waals surface area contributed by atoms with E-state index < -0.39 is 5.60 Å². The van der Waals surface area contributed by atoms with Crippen LogP contribution in [0.15, 0.2) is 4.42 Å². The van der Waals surface area contributed by atoms with Crippen LogP contribution in [0.2, 0.25) is 0 Å². The molecule has 1 saturated heterocycles. The third-order valence-corrected chi connectivity index (χ3v) is 2.70. The topological polar surface area (TPSA) is 62.4 Å². The average Bonchev–Trinajstić information content (AvgIpc) is 2.73. The van der Waals surface area contributed by atoms with Gasteiger partial charge in [0.15, 0.2) is 0 Å². The molecule has 0 aromatic carbocycles. The minimum Gasteiger partial charge on any atom is -0.424 e. The number of aliphatic hydroxyl groups is 1. The summed E-state index contributed by atoms with van der Waals surface area (Å²) in [4.78, 5) is 2.13. The molecule has 5 nitrogen and oxygen atoms in total. The van der Waals surface area contributed by atoms with Crippen LogP contribution < -0.4 is 0 Å². The molecule has 84 valence electrons. The fraction of sp³-hybridized carbons (Fsp3) is 0.800. The Bertz CT molecular complexity index is 335. The van der Waals surface area contributed by atoms with E-state index in [0.29, 0.717) is 24.9 Å². The lowest BCUT2D eigenvalue weighted by Gasteiger charge is -2.16. The van der Waals surface area contributed by atoms with Crippen LogP contribution in [0.25, 0.3) is 0 Å². The third kappa shape index (κ3) is 2.54. The molecule has 0 amide bonds. The van der Waals surface area contributed by atoms with E-state index in [4.69, 9.17) is 4.42 Å². The maximum atomic E-state index is 9.79. The van der Waals surface area contributed by atoms with Crippen LogP contribution in [-0.2, 0) is 13.0 Å². The molecule has 0 saturated carbocycles. The molecule has 1 aliphatic rings. The number of likely N-dealkylation sites (tertiary alicyclic amines) is 1. The molecular weight excluding hydrogens is 194 g/mol. The highest BCUT2D eigenvalue weighted by Crippen LogP contribution is 2.21. The van der Waals surface area contributed by atoms with Gasteiger partial charge in [0.05, 0.1) is 12.1 Å². The van der Waals surface area contributed by atoms with Crippen molar-refractivity contribution in [3.63, 3.8) is 0 Å². The van der Waals surface area contributed by atoms with E-state index in [1.165, 1.54) is 0 Å². The first-order valence-corrected chi connectivity index (χ1v) is 5.35. The molecule has 0 bridgehead atoms. The Labute approximate surface area is 89.1 Å². The van der Waals surface area contributed by atoms with Crippen molar-refractivity contribution in [3.05, 3.63) is 11.8 Å². The average molecular weight is 211 g/mol. The summed E-state index contributed by atoms with van der Waals surface area (Å²) in [5, 5.41) is 17.7. The maximum absolute atomic E-state index is 9.79. The summed E-state index contributed by atoms with van der Waals surface area (Å²) in [6.07, 6.45) is 1.58. The van der Waals surface area contributed by atoms with Crippen LogP contribution in [0.3, 0.4) is 0 Å². The van der Waals surface area contributed by atoms with Gasteiger partial charge in [0.25, 0.3) is 0 Å². The zero-order chi connectivity index (χ0) is 10.9. The van der Waals surface area contributed by atoms with E-state index in [1.54, 1.807) is 0 Å². The fourth-order valence-corrected chi connectivity index (χ4v) is 1.86. The molecule has 1 aromatic rings. The number of hydrogen-bond acceptors (Lipinski definition) is 5. The van der Waals surface area contributed by atoms with Crippen molar-refractivity contribution in [1.82, 2.24) is 15.1 Å². The van der Waals surface area contributed by atoms with Crippen molar-refractivity contribution in [3.8, 4) is 0 Å². The number of aromatic nitrogens is 2. The second-order valence-electron chi connectivity index (χ2n) is 4.40. The van der Waals surface area contributed by atoms with Crippen LogP contribution in [0.4, 0.5) is 0 Å². The second kappa shape index (κ2) is 3.90. The molecule has 1 aromatic heterocycles. The lowest BCUT2D eigenvalue weighted by molar-refractivity contribution is 0.0667. The van der Waals surface area contributed by atoms with Crippen molar-refractivity contribution in [2.75, 3.05) is 13.1 Å². The summed E-state index contributed by atoms with van der Waals surface area (Å²) in [5.74, 6) is 1.32. The largest absolute Gasteiger partial charge is 0.424 e. The van der Waals surface area contributed by atoms with E-state index in [0.717, 1.165) is 19.4 Å². The van der Waals surface area contributed by atoms with Gasteiger partial charge in [-0.3, -0.25) is 4.90 Å². The van der Waals surface area contributed by atoms with Gasteiger partial charge in [0, 0.05) is 19.5 Å². The third-order valence-electron chi connectivity index (χ3n) is 2.70. The summed E-state index contributed by atoms with van der Waals surface area (Å²) in [6.45, 7) is 6.05. The molecule has 2 rings (SSSR count). The first kappa shape index (κ1) is 10.6. The number of hydrogen-bond donors (Lipinski definition) is 1. The lowest BCUT2D eigenvalue weighted by Crippen LogP contribution is -2.29. The highest BCUT2D eigenvalue weighted by Gasteiger charge is 2.31. The molecule has 1 aliphatic heterocycles. The van der Waals surface area contributed by atoms with Crippen molar-refractivity contribution in [2.24, 2.45) is 0 Å². The van der Waals surface area contributed by atoms with Gasteiger partial charge in [0.1, 0.15) is 0 Å². The number of β-amino-alcohol motifs (C(OH)–C–C–N with tert-alkyl or cyclic N) is 1. The standard InChI is InChI=1S/C10H17N3O2/c1-3-8-11-12-9(15-8)6-13-5-4-10(2,14)7-13/h14H,3-7H2,1-2H3. The quantitative estimate of drug-likeness (QED) is 0.792. The monoisotopic (exact) mass is 211 g/mol. The lowest BCUT2D eigenvalue weighted by atomic mass is 10.1. The van der Waals surface area contributed by atoms with E-state index in [1.807, 2.05) is 13.8 Å². The predicted molar refractivity (Wildman–Crippen MR) is 54.2 cm³/mol. The van der Waals surface area contributed by atoms with Gasteiger partial charge in [-0.2, -0.15) is 0 Å². The van der Waals surface area contributed by atoms with E-state index in [2.05, 4.69) is 15.1 Å². The summed E-state index contributed by atoms with van der Waals surface area (Å²) < 4.78 is 5.42. The molecule has 1 unspecified atom stereocenters. The summed E-state index contributed by atoms with van der Waals surface area (Å²) in [6, 6.07) is 0. The van der Waals surface area contributed by atoms with E-state index >= 15 is 0 Å². The molecule has 5 heteroatoms. The first-order chi connectivity index (χ1) is 7.09. The molecule has 1 fully saturated rings. The molecule has 0 aliphatic carbocycles.